The SMILES string of the molecule is CC/C(O)=[C]\S(=O)(=O)O. The second kappa shape index (κ2) is 2.84. The van der Waals surface area contributed by atoms with Crippen LogP contribution in [-0.4, -0.2) is 18.1 Å². The molecule has 0 heterocycles. The third-order valence-corrected chi connectivity index (χ3v) is 1.08. The normalized spacial score (nSPS) is 13.8. The van der Waals surface area contributed by atoms with Crippen LogP contribution in [0, 0.1) is 5.41 Å². The highest BCUT2D eigenvalue weighted by molar-refractivity contribution is 7.87. The highest BCUT2D eigenvalue weighted by Crippen LogP contribution is 1.95. The van der Waals surface area contributed by atoms with Gasteiger partial charge in [0.2, 0.25) is 0 Å². The Morgan fingerprint density at radius 3 is 2.22 bits per heavy atom. The molecule has 0 rings (SSSR count). The summed E-state index contributed by atoms with van der Waals surface area (Å²) in [6, 6.07) is 0. The second-order valence-corrected chi connectivity index (χ2v) is 2.53. The lowest BCUT2D eigenvalue weighted by Crippen LogP contribution is -1.93. The van der Waals surface area contributed by atoms with Gasteiger partial charge in [-0.3, -0.25) is 4.55 Å². The Hall–Kier alpha value is -0.550. The molecular formula is C4H7O4S. The van der Waals surface area contributed by atoms with Crippen LogP contribution in [0.5, 0.6) is 0 Å². The molecule has 2 N–H and O–H groups in total. The summed E-state index contributed by atoms with van der Waals surface area (Å²) in [5.74, 6) is -0.475. The van der Waals surface area contributed by atoms with Crippen molar-refractivity contribution in [2.24, 2.45) is 0 Å². The molecule has 0 amide bonds. The zero-order chi connectivity index (χ0) is 7.49. The maximum Gasteiger partial charge on any atom is 0.299 e. The van der Waals surface area contributed by atoms with Crippen LogP contribution in [0.3, 0.4) is 0 Å². The molecular weight excluding hydrogens is 144 g/mol. The summed E-state index contributed by atoms with van der Waals surface area (Å²) in [5, 5.41) is 9.93. The highest BCUT2D eigenvalue weighted by atomic mass is 32.2. The second-order valence-electron chi connectivity index (χ2n) is 1.38. The van der Waals surface area contributed by atoms with Crippen LogP contribution in [0.25, 0.3) is 0 Å². The van der Waals surface area contributed by atoms with E-state index in [0.717, 1.165) is 0 Å². The molecule has 0 saturated heterocycles. The Morgan fingerprint density at radius 1 is 1.67 bits per heavy atom. The minimum atomic E-state index is -4.27. The topological polar surface area (TPSA) is 74.6 Å². The van der Waals surface area contributed by atoms with E-state index in [1.807, 2.05) is 0 Å². The average Bonchev–Trinajstić information content (AvgIpc) is 1.62. The van der Waals surface area contributed by atoms with Crippen LogP contribution in [-0.2, 0) is 10.1 Å². The molecule has 0 fully saturated rings. The largest absolute Gasteiger partial charge is 0.511 e. The van der Waals surface area contributed by atoms with Gasteiger partial charge in [0.15, 0.2) is 5.41 Å². The summed E-state index contributed by atoms with van der Waals surface area (Å²) >= 11 is 0. The van der Waals surface area contributed by atoms with Crippen LogP contribution in [0.15, 0.2) is 5.76 Å². The fourth-order valence-corrected chi connectivity index (χ4v) is 0.663. The number of aliphatic hydroxyl groups excluding tert-OH is 1. The van der Waals surface area contributed by atoms with Crippen LogP contribution in [0.1, 0.15) is 13.3 Å². The molecule has 0 spiro atoms. The van der Waals surface area contributed by atoms with E-state index in [1.54, 1.807) is 0 Å². The van der Waals surface area contributed by atoms with E-state index >= 15 is 0 Å². The number of hydrogen-bond acceptors (Lipinski definition) is 3. The minimum Gasteiger partial charge on any atom is -0.511 e. The van der Waals surface area contributed by atoms with Crippen molar-refractivity contribution < 1.29 is 18.1 Å². The van der Waals surface area contributed by atoms with Gasteiger partial charge in [-0.2, -0.15) is 8.42 Å². The van der Waals surface area contributed by atoms with Gasteiger partial charge in [0.25, 0.3) is 10.1 Å². The molecule has 9 heavy (non-hydrogen) atoms. The molecule has 1 radical (unpaired) electrons. The Morgan fingerprint density at radius 2 is 2.11 bits per heavy atom. The lowest BCUT2D eigenvalue weighted by atomic mass is 10.4. The van der Waals surface area contributed by atoms with Crippen molar-refractivity contribution in [2.75, 3.05) is 0 Å². The third-order valence-electron chi connectivity index (χ3n) is 0.582. The molecule has 0 aliphatic rings. The van der Waals surface area contributed by atoms with Gasteiger partial charge in [0.05, 0.1) is 0 Å². The first-order chi connectivity index (χ1) is 3.95. The average molecular weight is 151 g/mol. The zero-order valence-electron chi connectivity index (χ0n) is 4.83. The first-order valence-corrected chi connectivity index (χ1v) is 3.69. The van der Waals surface area contributed by atoms with Gasteiger partial charge in [-0.15, -0.1) is 0 Å². The van der Waals surface area contributed by atoms with Gasteiger partial charge in [0, 0.05) is 6.42 Å². The molecule has 0 aromatic rings. The van der Waals surface area contributed by atoms with Crippen molar-refractivity contribution in [1.29, 1.82) is 0 Å². The fourth-order valence-electron chi connectivity index (χ4n) is 0.221. The van der Waals surface area contributed by atoms with Crippen molar-refractivity contribution in [1.82, 2.24) is 0 Å². The maximum atomic E-state index is 9.86. The molecule has 0 aromatic carbocycles. The van der Waals surface area contributed by atoms with Gasteiger partial charge in [0.1, 0.15) is 5.76 Å². The van der Waals surface area contributed by atoms with Crippen molar-refractivity contribution in [3.63, 3.8) is 0 Å². The first kappa shape index (κ1) is 8.45. The van der Waals surface area contributed by atoms with Gasteiger partial charge < -0.3 is 5.11 Å². The predicted octanol–water partition coefficient (Wildman–Crippen LogP) is 0.487. The maximum absolute atomic E-state index is 9.86. The highest BCUT2D eigenvalue weighted by Gasteiger charge is 2.00. The molecule has 0 atom stereocenters. The molecule has 0 aliphatic heterocycles. The molecule has 0 bridgehead atoms. The Labute approximate surface area is 53.6 Å². The Bertz CT molecular complexity index is 201. The fraction of sp³-hybridized carbons (Fsp3) is 0.500. The zero-order valence-corrected chi connectivity index (χ0v) is 5.64. The molecule has 0 aromatic heterocycles. The molecule has 5 heteroatoms. The molecule has 4 nitrogen and oxygen atoms in total. The van der Waals surface area contributed by atoms with E-state index in [0.29, 0.717) is 0 Å². The van der Waals surface area contributed by atoms with Gasteiger partial charge in [-0.05, 0) is 0 Å². The third kappa shape index (κ3) is 5.32. The smallest absolute Gasteiger partial charge is 0.299 e. The van der Waals surface area contributed by atoms with Crippen LogP contribution < -0.4 is 0 Å². The van der Waals surface area contributed by atoms with E-state index < -0.39 is 15.9 Å². The quantitative estimate of drug-likeness (QED) is 0.445. The van der Waals surface area contributed by atoms with Crippen molar-refractivity contribution >= 4 is 10.1 Å². The summed E-state index contributed by atoms with van der Waals surface area (Å²) in [7, 11) is -4.27. The van der Waals surface area contributed by atoms with Crippen LogP contribution in [0.4, 0.5) is 0 Å². The summed E-state index contributed by atoms with van der Waals surface area (Å²) in [6.45, 7) is 1.54. The monoisotopic (exact) mass is 151 g/mol. The summed E-state index contributed by atoms with van der Waals surface area (Å²) in [6.07, 6.45) is 0.139. The summed E-state index contributed by atoms with van der Waals surface area (Å²) < 4.78 is 27.7. The number of rotatable bonds is 2. The first-order valence-electron chi connectivity index (χ1n) is 2.25. The van der Waals surface area contributed by atoms with E-state index in [-0.39, 0.29) is 6.42 Å². The number of aliphatic hydroxyl groups is 1. The molecule has 0 aliphatic carbocycles. The molecule has 0 unspecified atom stereocenters. The van der Waals surface area contributed by atoms with E-state index in [9.17, 15) is 8.42 Å². The molecule has 53 valence electrons. The van der Waals surface area contributed by atoms with Crippen LogP contribution in [0.2, 0.25) is 0 Å². The minimum absolute atomic E-state index is 0.139. The lowest BCUT2D eigenvalue weighted by molar-refractivity contribution is 0.391. The Kier molecular flexibility index (Phi) is 2.66. The molecule has 0 saturated carbocycles. The summed E-state index contributed by atoms with van der Waals surface area (Å²) in [4.78, 5) is 0. The van der Waals surface area contributed by atoms with E-state index in [1.165, 1.54) is 12.3 Å². The van der Waals surface area contributed by atoms with Gasteiger partial charge in [-0.1, -0.05) is 6.92 Å². The number of hydrogen-bond donors (Lipinski definition) is 2. The van der Waals surface area contributed by atoms with Crippen LogP contribution >= 0.6 is 0 Å². The van der Waals surface area contributed by atoms with Crippen molar-refractivity contribution in [2.45, 2.75) is 13.3 Å². The van der Waals surface area contributed by atoms with Gasteiger partial charge >= 0.3 is 0 Å². The lowest BCUT2D eigenvalue weighted by Gasteiger charge is -1.88. The van der Waals surface area contributed by atoms with E-state index in [2.05, 4.69) is 0 Å². The van der Waals surface area contributed by atoms with Crippen molar-refractivity contribution in [3.05, 3.63) is 11.2 Å². The summed E-state index contributed by atoms with van der Waals surface area (Å²) in [5.41, 5.74) is 0. The Balaban J connectivity index is 4.32. The standard InChI is InChI=1S/C4H7O4S/c1-2-4(5)3-9(6,7)8/h5H,2H2,1H3,(H,6,7,8). The predicted molar refractivity (Wildman–Crippen MR) is 31.2 cm³/mol. The van der Waals surface area contributed by atoms with Gasteiger partial charge in [-0.25, -0.2) is 0 Å². The van der Waals surface area contributed by atoms with E-state index in [4.69, 9.17) is 9.66 Å². The number of allylic oxidation sites excluding steroid dienone is 1. The van der Waals surface area contributed by atoms with Crippen molar-refractivity contribution in [3.8, 4) is 0 Å².